The van der Waals surface area contributed by atoms with E-state index in [9.17, 15) is 53.1 Å². The topological polar surface area (TPSA) is 293 Å². The summed E-state index contributed by atoms with van der Waals surface area (Å²) in [6.45, 7) is 29.9. The lowest BCUT2D eigenvalue weighted by molar-refractivity contribution is -0.157. The highest BCUT2D eigenvalue weighted by Crippen LogP contribution is 2.26. The molecule has 0 aliphatic heterocycles. The van der Waals surface area contributed by atoms with Gasteiger partial charge in [-0.25, -0.2) is 0 Å². The van der Waals surface area contributed by atoms with E-state index in [1.165, 1.54) is 80.8 Å². The lowest BCUT2D eigenvalue weighted by Gasteiger charge is -2.41. The largest absolute Gasteiger partial charge is 0.390 e. The predicted octanol–water partition coefficient (Wildman–Crippen LogP) is 5.56. The normalized spacial score (nSPS) is 15.7. The fourth-order valence-corrected chi connectivity index (χ4v) is 12.0. The number of nitrogens with one attached hydrogen (secondary N) is 3. The summed E-state index contributed by atoms with van der Waals surface area (Å²) in [6.07, 6.45) is 3.32. The molecule has 93 heavy (non-hydrogen) atoms. The molecule has 0 spiro atoms. The van der Waals surface area contributed by atoms with Crippen LogP contribution in [0, 0.1) is 41.4 Å². The van der Waals surface area contributed by atoms with Crippen molar-refractivity contribution in [2.75, 3.05) is 55.9 Å². The first-order valence-electron chi connectivity index (χ1n) is 33.1. The van der Waals surface area contributed by atoms with Crippen molar-refractivity contribution < 1.29 is 57.8 Å². The highest BCUT2D eigenvalue weighted by Gasteiger charge is 2.45. The van der Waals surface area contributed by atoms with Crippen molar-refractivity contribution in [2.45, 2.75) is 229 Å². The lowest BCUT2D eigenvalue weighted by Crippen LogP contribution is -2.63. The first kappa shape index (κ1) is 84.6. The maximum Gasteiger partial charge on any atom is 0.246 e. The zero-order valence-corrected chi connectivity index (χ0v) is 61.5. The first-order chi connectivity index (χ1) is 43.1. The Kier molecular flexibility index (Phi) is 36.5. The van der Waals surface area contributed by atoms with Gasteiger partial charge in [-0.05, 0) is 106 Å². The number of thioether (sulfide) groups is 1. The molecule has 12 atom stereocenters. The van der Waals surface area contributed by atoms with Crippen molar-refractivity contribution in [3.8, 4) is 0 Å². The van der Waals surface area contributed by atoms with Crippen molar-refractivity contribution in [3.63, 3.8) is 0 Å². The molecule has 0 saturated heterocycles. The summed E-state index contributed by atoms with van der Waals surface area (Å²) in [7, 11) is 10.1. The molecular formula is C69H119N11O12S. The fourth-order valence-electron chi connectivity index (χ4n) is 11.1. The summed E-state index contributed by atoms with van der Waals surface area (Å²) >= 11 is 1.08. The Morgan fingerprint density at radius 1 is 0.516 bits per heavy atom. The summed E-state index contributed by atoms with van der Waals surface area (Å²) in [5.41, 5.74) is 6.92. The van der Waals surface area contributed by atoms with Crippen LogP contribution in [0.1, 0.15) is 162 Å². The number of hydrogen-bond donors (Lipinski definition) is 5. The summed E-state index contributed by atoms with van der Waals surface area (Å²) < 4.78 is 0. The van der Waals surface area contributed by atoms with Gasteiger partial charge in [0.2, 0.25) is 64.2 Å². The fraction of sp³-hybridized carbons (Fsp3) is 0.725. The molecule has 0 aliphatic rings. The average molecular weight is 1330 g/mol. The number of rotatable bonds is 38. The Hall–Kier alpha value is -6.40. The van der Waals surface area contributed by atoms with Gasteiger partial charge in [0.1, 0.15) is 48.3 Å². The van der Waals surface area contributed by atoms with Gasteiger partial charge in [-0.2, -0.15) is 0 Å². The minimum Gasteiger partial charge on any atom is -0.390 e. The van der Waals surface area contributed by atoms with E-state index in [1.807, 2.05) is 91.8 Å². The van der Waals surface area contributed by atoms with Gasteiger partial charge < -0.3 is 61.1 Å². The zero-order chi connectivity index (χ0) is 71.8. The second-order valence-corrected chi connectivity index (χ2v) is 28.7. The zero-order valence-electron chi connectivity index (χ0n) is 60.6. The number of aliphatic hydroxyl groups is 1. The van der Waals surface area contributed by atoms with E-state index in [-0.39, 0.29) is 54.5 Å². The van der Waals surface area contributed by atoms with Gasteiger partial charge in [-0.15, -0.1) is 0 Å². The molecule has 0 heterocycles. The van der Waals surface area contributed by atoms with Crippen molar-refractivity contribution in [3.05, 3.63) is 48.0 Å². The smallest absolute Gasteiger partial charge is 0.246 e. The van der Waals surface area contributed by atoms with E-state index >= 15 is 4.79 Å². The quantitative estimate of drug-likeness (QED) is 0.0507. The molecule has 24 heteroatoms. The third kappa shape index (κ3) is 25.7. The highest BCUT2D eigenvalue weighted by atomic mass is 32.2. The number of carbonyl (C=O) groups excluding carboxylic acids is 11. The van der Waals surface area contributed by atoms with Crippen LogP contribution in [0.15, 0.2) is 42.5 Å². The maximum atomic E-state index is 15.1. The molecule has 6 N–H and O–H groups in total. The number of allylic oxidation sites excluding steroid dienone is 2. The summed E-state index contributed by atoms with van der Waals surface area (Å²) in [4.78, 5) is 166. The molecule has 1 rings (SSSR count). The number of benzene rings is 1. The van der Waals surface area contributed by atoms with Crippen LogP contribution in [0.4, 0.5) is 0 Å². The predicted molar refractivity (Wildman–Crippen MR) is 367 cm³/mol. The van der Waals surface area contributed by atoms with E-state index in [1.54, 1.807) is 61.5 Å². The van der Waals surface area contributed by atoms with Crippen molar-refractivity contribution >= 4 is 75.9 Å². The molecule has 0 radical (unpaired) electrons. The number of nitrogens with two attached hydrogens (primary N) is 1. The van der Waals surface area contributed by atoms with E-state index < -0.39 is 150 Å². The minimum atomic E-state index is -1.61. The molecule has 1 aromatic carbocycles. The molecule has 1 aromatic rings. The third-order valence-electron chi connectivity index (χ3n) is 16.9. The van der Waals surface area contributed by atoms with Crippen LogP contribution in [0.25, 0.3) is 0 Å². The van der Waals surface area contributed by atoms with Crippen LogP contribution in [-0.2, 0) is 58.5 Å². The second-order valence-electron chi connectivity index (χ2n) is 27.7. The van der Waals surface area contributed by atoms with Crippen LogP contribution in [0.3, 0.4) is 0 Å². The molecule has 528 valence electrons. The number of aliphatic hydroxyl groups excluding tert-OH is 1. The standard InChI is InChI=1S/C69H119N11O12S/c1-25-27-31-46(15)59(82)58(80(24)68(91)57(45(13)14)79(23)66(89)54(37-43(9)10)78(22)65(88)53(36-42(7)8)77(21)63(86)47(16)70)62(85)72-50(26-2)64(87)74(18)38-55(81)75(19)51(34-40(3)4)61(84)73-56(44(11)12)67(90)76(20)52(35-41(5)6)60(83)71-48(17)69(92)93-39-49-32-29-28-30-33-49/h25,27-30,32-33,40-48,50-54,56-59,82H,26,31,34-39,70H2,1-24H3,(H,71,83)(H,72,85)(H,73,84)/b27-25+/t46-,47-,48+,50+,51+,52+,53+,54+,56+,57+,58+,59-/m1/s1. The van der Waals surface area contributed by atoms with Gasteiger partial charge in [-0.1, -0.05) is 151 Å². The van der Waals surface area contributed by atoms with Crippen LogP contribution in [-0.4, -0.2) is 226 Å². The molecule has 0 fully saturated rings. The number of likely N-dealkylation sites (N-methyl/N-ethyl adjacent to an activating group) is 7. The summed E-state index contributed by atoms with van der Waals surface area (Å²) in [6, 6.07) is -1.71. The molecule has 23 nitrogen and oxygen atoms in total. The van der Waals surface area contributed by atoms with Gasteiger partial charge in [-0.3, -0.25) is 52.7 Å². The number of carbonyl (C=O) groups is 11. The van der Waals surface area contributed by atoms with E-state index in [0.717, 1.165) is 27.1 Å². The van der Waals surface area contributed by atoms with E-state index in [0.29, 0.717) is 18.6 Å². The summed E-state index contributed by atoms with van der Waals surface area (Å²) in [5, 5.41) is 20.3. The SMILES string of the molecule is C/C=C/C[C@@H](C)[C@@H](O)[C@@H](C(=O)N[C@@H](CC)C(=O)N(C)CC(=O)N(C)[C@@H](CC(C)C)C(=O)N[C@H](C(=O)N(C)[C@@H](CC(C)C)C(=O)N[C@@H](C)C(=O)SCc1ccccc1)C(C)C)N(C)C(=O)[C@H](C(C)C)N(C)C(=O)[C@H](CC(C)C)N(C)C(=O)[C@H](CC(C)C)N(C)C(=O)[C@@H](C)N. The van der Waals surface area contributed by atoms with Gasteiger partial charge in [0.25, 0.3) is 0 Å². The van der Waals surface area contributed by atoms with Crippen molar-refractivity contribution in [1.29, 1.82) is 0 Å². The summed E-state index contributed by atoms with van der Waals surface area (Å²) in [5.74, 6) is -7.66. The third-order valence-corrected chi connectivity index (χ3v) is 18.0. The number of nitrogens with zero attached hydrogens (tertiary/aromatic N) is 7. The Morgan fingerprint density at radius 2 is 0.957 bits per heavy atom. The van der Waals surface area contributed by atoms with Gasteiger partial charge in [0.05, 0.1) is 24.7 Å². The van der Waals surface area contributed by atoms with Crippen LogP contribution >= 0.6 is 11.8 Å². The Morgan fingerprint density at radius 3 is 1.41 bits per heavy atom. The van der Waals surface area contributed by atoms with Crippen LogP contribution in [0.2, 0.25) is 0 Å². The molecule has 0 aliphatic carbocycles. The minimum absolute atomic E-state index is 0.0121. The van der Waals surface area contributed by atoms with E-state index in [2.05, 4.69) is 16.0 Å². The Bertz CT molecular complexity index is 2650. The van der Waals surface area contributed by atoms with E-state index in [4.69, 9.17) is 5.73 Å². The van der Waals surface area contributed by atoms with Crippen LogP contribution in [0.5, 0.6) is 0 Å². The Labute approximate surface area is 561 Å². The maximum absolute atomic E-state index is 15.1. The second kappa shape index (κ2) is 40.1. The molecular weight excluding hydrogens is 1210 g/mol. The first-order valence-corrected chi connectivity index (χ1v) is 34.1. The molecule has 0 bridgehead atoms. The highest BCUT2D eigenvalue weighted by molar-refractivity contribution is 8.13. The lowest BCUT2D eigenvalue weighted by atomic mass is 9.91. The number of amides is 10. The Balaban J connectivity index is 3.61. The van der Waals surface area contributed by atoms with Crippen molar-refractivity contribution in [1.82, 2.24) is 50.2 Å². The van der Waals surface area contributed by atoms with Crippen molar-refractivity contribution in [2.24, 2.45) is 47.2 Å². The van der Waals surface area contributed by atoms with Gasteiger partial charge in [0, 0.05) is 55.1 Å². The number of hydrogen-bond acceptors (Lipinski definition) is 14. The molecule has 0 aromatic heterocycles. The molecule has 10 amide bonds. The van der Waals surface area contributed by atoms with Gasteiger partial charge >= 0.3 is 0 Å². The average Bonchev–Trinajstić information content (AvgIpc) is 0.828. The molecule has 0 saturated carbocycles. The van der Waals surface area contributed by atoms with Gasteiger partial charge in [0.15, 0.2) is 0 Å². The molecule has 0 unspecified atom stereocenters. The monoisotopic (exact) mass is 1330 g/mol. The van der Waals surface area contributed by atoms with Crippen LogP contribution < -0.4 is 21.7 Å².